The minimum absolute atomic E-state index is 0.140. The second-order valence-corrected chi connectivity index (χ2v) is 8.43. The van der Waals surface area contributed by atoms with E-state index in [1.54, 1.807) is 0 Å². The first kappa shape index (κ1) is 17.8. The highest BCUT2D eigenvalue weighted by atomic mass is 16.2. The number of amides is 1. The highest BCUT2D eigenvalue weighted by molar-refractivity contribution is 5.99. The molecule has 6 nitrogen and oxygen atoms in total. The first-order valence-electron chi connectivity index (χ1n) is 10.3. The molecule has 0 N–H and O–H groups in total. The lowest BCUT2D eigenvalue weighted by atomic mass is 10.1. The average Bonchev–Trinajstić information content (AvgIpc) is 3.48. The Kier molecular flexibility index (Phi) is 4.61. The number of carbonyl (C=O) groups is 1. The van der Waals surface area contributed by atoms with E-state index in [9.17, 15) is 4.79 Å². The molecule has 2 aromatic rings. The van der Waals surface area contributed by atoms with Gasteiger partial charge < -0.3 is 4.90 Å². The van der Waals surface area contributed by atoms with Crippen molar-refractivity contribution >= 4 is 11.7 Å². The van der Waals surface area contributed by atoms with E-state index in [2.05, 4.69) is 46.1 Å². The van der Waals surface area contributed by atoms with E-state index in [1.165, 1.54) is 18.4 Å². The highest BCUT2D eigenvalue weighted by Crippen LogP contribution is 2.35. The molecule has 3 aliphatic rings. The fraction of sp³-hybridized carbons (Fsp3) is 0.500. The highest BCUT2D eigenvalue weighted by Gasteiger charge is 2.35. The zero-order valence-electron chi connectivity index (χ0n) is 16.5. The van der Waals surface area contributed by atoms with E-state index in [1.807, 2.05) is 11.1 Å². The second kappa shape index (κ2) is 7.26. The molecule has 5 rings (SSSR count). The quantitative estimate of drug-likeness (QED) is 0.800. The van der Waals surface area contributed by atoms with Crippen LogP contribution in [0.15, 0.2) is 30.5 Å². The topological polar surface area (TPSA) is 52.6 Å². The fourth-order valence-electron chi connectivity index (χ4n) is 4.03. The summed E-state index contributed by atoms with van der Waals surface area (Å²) in [6.07, 6.45) is 4.64. The van der Waals surface area contributed by atoms with Gasteiger partial charge in [-0.15, -0.1) is 0 Å². The molecule has 28 heavy (non-hydrogen) atoms. The first-order valence-corrected chi connectivity index (χ1v) is 10.3. The van der Waals surface area contributed by atoms with Gasteiger partial charge in [0.25, 0.3) is 0 Å². The summed E-state index contributed by atoms with van der Waals surface area (Å²) >= 11 is 0. The van der Waals surface area contributed by atoms with Crippen molar-refractivity contribution in [1.29, 1.82) is 0 Å². The number of anilines is 1. The number of piperazine rings is 1. The number of rotatable bonds is 5. The summed E-state index contributed by atoms with van der Waals surface area (Å²) in [7, 11) is 2.18. The summed E-state index contributed by atoms with van der Waals surface area (Å²) in [5.74, 6) is 1.56. The third kappa shape index (κ3) is 3.66. The van der Waals surface area contributed by atoms with Crippen molar-refractivity contribution in [3.8, 4) is 11.3 Å². The molecule has 1 amide bonds. The smallest absolute Gasteiger partial charge is 0.234 e. The summed E-state index contributed by atoms with van der Waals surface area (Å²) < 4.78 is 0. The molecule has 0 bridgehead atoms. The number of nitrogens with zero attached hydrogens (tertiary/aromatic N) is 5. The van der Waals surface area contributed by atoms with E-state index in [-0.39, 0.29) is 5.91 Å². The van der Waals surface area contributed by atoms with Gasteiger partial charge in [0.05, 0.1) is 24.0 Å². The number of likely N-dealkylation sites (N-methyl/N-ethyl adjacent to an activating group) is 1. The first-order chi connectivity index (χ1) is 13.7. The molecule has 0 unspecified atom stereocenters. The lowest BCUT2D eigenvalue weighted by Crippen LogP contribution is -2.43. The van der Waals surface area contributed by atoms with Gasteiger partial charge in [0.15, 0.2) is 5.82 Å². The van der Waals surface area contributed by atoms with Gasteiger partial charge in [0, 0.05) is 44.8 Å². The molecule has 3 heterocycles. The molecular weight excluding hydrogens is 350 g/mol. The van der Waals surface area contributed by atoms with E-state index in [4.69, 9.17) is 4.98 Å². The van der Waals surface area contributed by atoms with E-state index in [0.717, 1.165) is 62.0 Å². The normalized spacial score (nSPS) is 20.6. The summed E-state index contributed by atoms with van der Waals surface area (Å²) in [5, 5.41) is 0. The Morgan fingerprint density at radius 3 is 2.54 bits per heavy atom. The van der Waals surface area contributed by atoms with Gasteiger partial charge in [0.1, 0.15) is 0 Å². The summed E-state index contributed by atoms with van der Waals surface area (Å²) in [6.45, 7) is 6.32. The number of benzene rings is 1. The van der Waals surface area contributed by atoms with Gasteiger partial charge in [0.2, 0.25) is 5.91 Å². The maximum absolute atomic E-state index is 12.3. The molecule has 0 atom stereocenters. The van der Waals surface area contributed by atoms with Crippen LogP contribution in [0.2, 0.25) is 0 Å². The third-order valence-corrected chi connectivity index (χ3v) is 6.09. The van der Waals surface area contributed by atoms with Crippen molar-refractivity contribution in [2.75, 3.05) is 44.7 Å². The Balaban J connectivity index is 1.31. The number of hydrogen-bond donors (Lipinski definition) is 0. The third-order valence-electron chi connectivity index (χ3n) is 6.09. The van der Waals surface area contributed by atoms with Crippen LogP contribution >= 0.6 is 0 Å². The zero-order chi connectivity index (χ0) is 19.1. The molecule has 2 fully saturated rings. The summed E-state index contributed by atoms with van der Waals surface area (Å²) in [4.78, 5) is 28.4. The number of hydrogen-bond acceptors (Lipinski definition) is 5. The molecule has 1 aromatic heterocycles. The Morgan fingerprint density at radius 2 is 1.82 bits per heavy atom. The summed E-state index contributed by atoms with van der Waals surface area (Å²) in [5.41, 5.74) is 4.05. The van der Waals surface area contributed by atoms with Crippen molar-refractivity contribution in [1.82, 2.24) is 19.8 Å². The zero-order valence-corrected chi connectivity index (χ0v) is 16.5. The van der Waals surface area contributed by atoms with E-state index in [0.29, 0.717) is 12.3 Å². The molecule has 1 saturated carbocycles. The fourth-order valence-corrected chi connectivity index (χ4v) is 4.03. The molecule has 1 aliphatic carbocycles. The number of aromatic nitrogens is 2. The Labute approximate surface area is 166 Å². The summed E-state index contributed by atoms with van der Waals surface area (Å²) in [6, 6.07) is 8.64. The maximum atomic E-state index is 12.3. The van der Waals surface area contributed by atoms with Gasteiger partial charge in [-0.1, -0.05) is 24.3 Å². The Hall–Kier alpha value is -2.31. The standard InChI is InChI=1S/C22H27N5O/c1-25-8-10-26(11-9-25)14-16-4-6-18(7-5-16)20-13-23-19-12-21(28)27(22(19)24-20)15-17-2-3-17/h4-7,13,17H,2-3,8-12,14-15H2,1H3. The van der Waals surface area contributed by atoms with Crippen molar-refractivity contribution in [3.63, 3.8) is 0 Å². The lowest BCUT2D eigenvalue weighted by Gasteiger charge is -2.32. The van der Waals surface area contributed by atoms with Gasteiger partial charge in [-0.25, -0.2) is 4.98 Å². The molecule has 146 valence electrons. The number of fused-ring (bicyclic) bond motifs is 1. The molecule has 0 spiro atoms. The van der Waals surface area contributed by atoms with Crippen LogP contribution in [0.3, 0.4) is 0 Å². The largest absolute Gasteiger partial charge is 0.304 e. The molecule has 1 aromatic carbocycles. The number of carbonyl (C=O) groups excluding carboxylic acids is 1. The van der Waals surface area contributed by atoms with Crippen molar-refractivity contribution < 1.29 is 4.79 Å². The molecule has 6 heteroatoms. The van der Waals surface area contributed by atoms with E-state index >= 15 is 0 Å². The minimum Gasteiger partial charge on any atom is -0.304 e. The van der Waals surface area contributed by atoms with Crippen LogP contribution in [0.5, 0.6) is 0 Å². The van der Waals surface area contributed by atoms with Gasteiger partial charge >= 0.3 is 0 Å². The predicted octanol–water partition coefficient (Wildman–Crippen LogP) is 2.19. The predicted molar refractivity (Wildman–Crippen MR) is 109 cm³/mol. The monoisotopic (exact) mass is 377 g/mol. The SMILES string of the molecule is CN1CCN(Cc2ccc(-c3cnc4c(n3)N(CC3CC3)C(=O)C4)cc2)CC1. The van der Waals surface area contributed by atoms with Crippen LogP contribution in [0.25, 0.3) is 11.3 Å². The Bertz CT molecular complexity index is 869. The average molecular weight is 377 g/mol. The Morgan fingerprint density at radius 1 is 1.07 bits per heavy atom. The minimum atomic E-state index is 0.140. The molecule has 2 aliphatic heterocycles. The van der Waals surface area contributed by atoms with Crippen LogP contribution < -0.4 is 4.90 Å². The van der Waals surface area contributed by atoms with Crippen molar-refractivity contribution in [2.24, 2.45) is 5.92 Å². The van der Waals surface area contributed by atoms with Crippen LogP contribution in [-0.4, -0.2) is 65.4 Å². The van der Waals surface area contributed by atoms with Crippen molar-refractivity contribution in [3.05, 3.63) is 41.7 Å². The maximum Gasteiger partial charge on any atom is 0.234 e. The van der Waals surface area contributed by atoms with Gasteiger partial charge in [-0.2, -0.15) is 0 Å². The second-order valence-electron chi connectivity index (χ2n) is 8.43. The van der Waals surface area contributed by atoms with Crippen LogP contribution in [-0.2, 0) is 17.8 Å². The lowest BCUT2D eigenvalue weighted by molar-refractivity contribution is -0.117. The van der Waals surface area contributed by atoms with Crippen LogP contribution in [0.4, 0.5) is 5.82 Å². The molecular formula is C22H27N5O. The molecule has 0 radical (unpaired) electrons. The van der Waals surface area contributed by atoms with Gasteiger partial charge in [-0.05, 0) is 31.4 Å². The van der Waals surface area contributed by atoms with Gasteiger partial charge in [-0.3, -0.25) is 19.6 Å². The van der Waals surface area contributed by atoms with Crippen molar-refractivity contribution in [2.45, 2.75) is 25.8 Å². The molecule has 1 saturated heterocycles. The van der Waals surface area contributed by atoms with Crippen LogP contribution in [0.1, 0.15) is 24.1 Å². The van der Waals surface area contributed by atoms with Crippen LogP contribution in [0, 0.1) is 5.92 Å². The van der Waals surface area contributed by atoms with E-state index < -0.39 is 0 Å².